The number of hydrogen-bond acceptors (Lipinski definition) is 15. The summed E-state index contributed by atoms with van der Waals surface area (Å²) < 4.78 is 68.3. The van der Waals surface area contributed by atoms with Gasteiger partial charge < -0.3 is 33.8 Å². The average Bonchev–Trinajstić information content (AvgIpc) is 2.30. The molecule has 0 saturated heterocycles. The molecule has 0 aromatic rings. The minimum Gasteiger partial charge on any atom is -0.462 e. The Bertz CT molecular complexity index is 1740. The van der Waals surface area contributed by atoms with E-state index in [-0.39, 0.29) is 25.7 Å². The van der Waals surface area contributed by atoms with Crippen molar-refractivity contribution in [2.45, 2.75) is 387 Å². The van der Waals surface area contributed by atoms with Gasteiger partial charge in [-0.05, 0) is 31.6 Å². The summed E-state index contributed by atoms with van der Waals surface area (Å²) in [4.78, 5) is 72.6. The highest BCUT2D eigenvalue weighted by Gasteiger charge is 2.30. The van der Waals surface area contributed by atoms with Gasteiger partial charge in [-0.1, -0.05) is 317 Å². The number of hydrogen-bond donors (Lipinski definition) is 3. The first-order chi connectivity index (χ1) is 43.5. The topological polar surface area (TPSA) is 237 Å². The summed E-state index contributed by atoms with van der Waals surface area (Å²) in [5.41, 5.74) is 0. The van der Waals surface area contributed by atoms with E-state index in [0.29, 0.717) is 25.7 Å². The van der Waals surface area contributed by atoms with Gasteiger partial charge in [0.15, 0.2) is 12.2 Å². The highest BCUT2D eigenvalue weighted by Crippen LogP contribution is 2.45. The number of carbonyl (C=O) groups excluding carboxylic acids is 4. The monoisotopic (exact) mass is 1320 g/mol. The Morgan fingerprint density at radius 1 is 0.300 bits per heavy atom. The molecule has 3 N–H and O–H groups in total. The number of aliphatic hydroxyl groups excluding tert-OH is 1. The molecule has 0 bridgehead atoms. The van der Waals surface area contributed by atoms with E-state index < -0.39 is 97.5 Å². The van der Waals surface area contributed by atoms with Crippen LogP contribution in [0.2, 0.25) is 0 Å². The van der Waals surface area contributed by atoms with Crippen LogP contribution in [-0.4, -0.2) is 96.7 Å². The molecule has 0 fully saturated rings. The zero-order chi connectivity index (χ0) is 66.3. The van der Waals surface area contributed by atoms with E-state index in [9.17, 15) is 43.2 Å². The molecule has 0 aliphatic carbocycles. The Balaban J connectivity index is 5.24. The Hall–Kier alpha value is -1.94. The number of esters is 4. The summed E-state index contributed by atoms with van der Waals surface area (Å²) in [5, 5.41) is 10.6. The first-order valence-corrected chi connectivity index (χ1v) is 40.1. The van der Waals surface area contributed by atoms with Crippen molar-refractivity contribution in [3.8, 4) is 0 Å². The lowest BCUT2D eigenvalue weighted by atomic mass is 10.0. The number of carbonyl (C=O) groups is 4. The van der Waals surface area contributed by atoms with Crippen molar-refractivity contribution in [2.24, 2.45) is 5.92 Å². The third-order valence-electron chi connectivity index (χ3n) is 16.5. The summed E-state index contributed by atoms with van der Waals surface area (Å²) in [5.74, 6) is -1.38. The van der Waals surface area contributed by atoms with Gasteiger partial charge in [-0.15, -0.1) is 0 Å². The van der Waals surface area contributed by atoms with E-state index in [2.05, 4.69) is 34.6 Å². The van der Waals surface area contributed by atoms with Gasteiger partial charge in [0.25, 0.3) is 0 Å². The molecule has 5 atom stereocenters. The first-order valence-electron chi connectivity index (χ1n) is 37.1. The molecule has 0 aromatic heterocycles. The second-order valence-electron chi connectivity index (χ2n) is 26.1. The largest absolute Gasteiger partial charge is 0.472 e. The predicted molar refractivity (Wildman–Crippen MR) is 363 cm³/mol. The molecule has 2 unspecified atom stereocenters. The Morgan fingerprint density at radius 2 is 0.511 bits per heavy atom. The molecule has 0 amide bonds. The smallest absolute Gasteiger partial charge is 0.462 e. The van der Waals surface area contributed by atoms with Crippen molar-refractivity contribution in [3.63, 3.8) is 0 Å². The van der Waals surface area contributed by atoms with Gasteiger partial charge in [-0.3, -0.25) is 37.3 Å². The van der Waals surface area contributed by atoms with Crippen molar-refractivity contribution in [1.82, 2.24) is 0 Å². The highest BCUT2D eigenvalue weighted by molar-refractivity contribution is 7.47. The maximum atomic E-state index is 13.0. The standard InChI is InChI=1S/C71H138O17P2/c1-6-9-12-15-18-21-24-26-27-28-29-31-36-42-47-52-57-71(76)88-67(61-82-69(74)55-50-45-40-37-32-33-38-43-48-53-64(4)5)63-86-90(79,80)84-59-65(72)58-83-89(77,78)85-62-66(60-81-68(73)54-49-44-39-34-23-20-17-14-11-8-3)87-70(75)56-51-46-41-35-30-25-22-19-16-13-10-7-2/h64-67,72H,6-63H2,1-5H3,(H,77,78)(H,79,80)/t65-,66+,67+/m0/s1. The molecular weight excluding hydrogens is 1190 g/mol. The predicted octanol–water partition coefficient (Wildman–Crippen LogP) is 20.5. The lowest BCUT2D eigenvalue weighted by molar-refractivity contribution is -0.161. The van der Waals surface area contributed by atoms with E-state index in [1.54, 1.807) is 0 Å². The Morgan fingerprint density at radius 3 is 0.756 bits per heavy atom. The fourth-order valence-corrected chi connectivity index (χ4v) is 12.4. The van der Waals surface area contributed by atoms with Gasteiger partial charge >= 0.3 is 39.5 Å². The molecule has 19 heteroatoms. The van der Waals surface area contributed by atoms with E-state index >= 15 is 0 Å². The highest BCUT2D eigenvalue weighted by atomic mass is 31.2. The molecule has 90 heavy (non-hydrogen) atoms. The third-order valence-corrected chi connectivity index (χ3v) is 18.4. The van der Waals surface area contributed by atoms with Crippen LogP contribution in [0.1, 0.15) is 369 Å². The molecule has 0 aromatic carbocycles. The number of aliphatic hydroxyl groups is 1. The molecule has 0 rings (SSSR count). The van der Waals surface area contributed by atoms with Gasteiger partial charge in [-0.25, -0.2) is 9.13 Å². The van der Waals surface area contributed by atoms with Gasteiger partial charge in [-0.2, -0.15) is 0 Å². The molecule has 0 heterocycles. The number of phosphoric ester groups is 2. The third kappa shape index (κ3) is 64.8. The van der Waals surface area contributed by atoms with Crippen LogP contribution in [-0.2, 0) is 65.4 Å². The minimum absolute atomic E-state index is 0.108. The second-order valence-corrected chi connectivity index (χ2v) is 29.0. The molecule has 0 saturated carbocycles. The van der Waals surface area contributed by atoms with Gasteiger partial charge in [0.2, 0.25) is 0 Å². The van der Waals surface area contributed by atoms with E-state index in [0.717, 1.165) is 95.8 Å². The maximum Gasteiger partial charge on any atom is 0.472 e. The van der Waals surface area contributed by atoms with Crippen LogP contribution in [0.25, 0.3) is 0 Å². The fourth-order valence-electron chi connectivity index (χ4n) is 10.8. The zero-order valence-corrected chi connectivity index (χ0v) is 60.1. The van der Waals surface area contributed by atoms with Gasteiger partial charge in [0, 0.05) is 25.7 Å². The van der Waals surface area contributed by atoms with Crippen molar-refractivity contribution in [1.29, 1.82) is 0 Å². The zero-order valence-electron chi connectivity index (χ0n) is 58.3. The molecule has 534 valence electrons. The molecule has 0 aliphatic rings. The number of phosphoric acid groups is 2. The van der Waals surface area contributed by atoms with Crippen molar-refractivity contribution in [3.05, 3.63) is 0 Å². The fraction of sp³-hybridized carbons (Fsp3) is 0.944. The van der Waals surface area contributed by atoms with Gasteiger partial charge in [0.05, 0.1) is 26.4 Å². The van der Waals surface area contributed by atoms with Crippen LogP contribution < -0.4 is 0 Å². The van der Waals surface area contributed by atoms with Crippen LogP contribution in [0.5, 0.6) is 0 Å². The summed E-state index contributed by atoms with van der Waals surface area (Å²) in [6, 6.07) is 0. The van der Waals surface area contributed by atoms with Gasteiger partial charge in [0.1, 0.15) is 19.3 Å². The van der Waals surface area contributed by atoms with Crippen LogP contribution in [0.4, 0.5) is 0 Å². The lowest BCUT2D eigenvalue weighted by Gasteiger charge is -2.21. The van der Waals surface area contributed by atoms with Crippen molar-refractivity contribution < 1.29 is 80.2 Å². The molecule has 0 radical (unpaired) electrons. The van der Waals surface area contributed by atoms with Crippen LogP contribution in [0.3, 0.4) is 0 Å². The van der Waals surface area contributed by atoms with Crippen LogP contribution in [0, 0.1) is 5.92 Å². The van der Waals surface area contributed by atoms with E-state index in [1.165, 1.54) is 193 Å². The van der Waals surface area contributed by atoms with Crippen LogP contribution in [0.15, 0.2) is 0 Å². The Kier molecular flexibility index (Phi) is 63.0. The first kappa shape index (κ1) is 88.1. The summed E-state index contributed by atoms with van der Waals surface area (Å²) in [7, 11) is -9.90. The molecular formula is C71H138O17P2. The van der Waals surface area contributed by atoms with E-state index in [1.807, 2.05) is 0 Å². The minimum atomic E-state index is -4.95. The summed E-state index contributed by atoms with van der Waals surface area (Å²) in [6.45, 7) is 7.23. The van der Waals surface area contributed by atoms with Crippen molar-refractivity contribution in [2.75, 3.05) is 39.6 Å². The second kappa shape index (κ2) is 64.4. The Labute approximate surface area is 549 Å². The number of ether oxygens (including phenoxy) is 4. The quantitative estimate of drug-likeness (QED) is 0.0222. The average molecular weight is 1330 g/mol. The molecule has 0 spiro atoms. The normalized spacial score (nSPS) is 14.1. The lowest BCUT2D eigenvalue weighted by Crippen LogP contribution is -2.30. The van der Waals surface area contributed by atoms with E-state index in [4.69, 9.17) is 37.0 Å². The molecule has 17 nitrogen and oxygen atoms in total. The number of unbranched alkanes of at least 4 members (excludes halogenated alkanes) is 43. The van der Waals surface area contributed by atoms with Crippen molar-refractivity contribution >= 4 is 39.5 Å². The summed E-state index contributed by atoms with van der Waals surface area (Å²) in [6.07, 6.45) is 51.2. The maximum absolute atomic E-state index is 13.0. The SMILES string of the molecule is CCCCCCCCCCCCCCCCCCC(=O)O[C@H](COC(=O)CCCCCCCCCCCC(C)C)COP(=O)(O)OC[C@@H](O)COP(=O)(O)OC[C@@H](COC(=O)CCCCCCCCCCCC)OC(=O)CCCCCCCCCCCCCC. The number of rotatable bonds is 71. The molecule has 0 aliphatic heterocycles. The summed E-state index contributed by atoms with van der Waals surface area (Å²) >= 11 is 0. The van der Waals surface area contributed by atoms with Crippen LogP contribution >= 0.6 is 15.6 Å².